The maximum atomic E-state index is 8.74. The molecule has 0 aliphatic rings. The smallest absolute Gasteiger partial charge is 0.394 e. The maximum Gasteiger partial charge on any atom is 0.394 e. The summed E-state index contributed by atoms with van der Waals surface area (Å²) in [6, 6.07) is 53.4. The van der Waals surface area contributed by atoms with Crippen molar-refractivity contribution in [3.63, 3.8) is 0 Å². The SMILES string of the molecule is CCCCNCCc1cc(OCc2ccccc2)cc(OCc2ccccc2)c1.CCCCNCCc1cc(OCc2ccccc2)cc(OCc2ccccc2)c1.O=S(=O)(O)O. The van der Waals surface area contributed by atoms with Gasteiger partial charge in [0, 0.05) is 12.1 Å². The third kappa shape index (κ3) is 23.4. The van der Waals surface area contributed by atoms with Gasteiger partial charge >= 0.3 is 10.4 Å². The summed E-state index contributed by atoms with van der Waals surface area (Å²) in [4.78, 5) is 0. The van der Waals surface area contributed by atoms with E-state index in [1.165, 1.54) is 36.8 Å². The van der Waals surface area contributed by atoms with Crippen molar-refractivity contribution >= 4 is 10.4 Å². The van der Waals surface area contributed by atoms with Crippen LogP contribution in [0.4, 0.5) is 0 Å². The molecule has 63 heavy (non-hydrogen) atoms. The van der Waals surface area contributed by atoms with Crippen molar-refractivity contribution in [1.29, 1.82) is 0 Å². The first kappa shape index (κ1) is 50.0. The van der Waals surface area contributed by atoms with Gasteiger partial charge in [-0.05, 0) is 110 Å². The predicted molar refractivity (Wildman–Crippen MR) is 253 cm³/mol. The Morgan fingerprint density at radius 2 is 0.651 bits per heavy atom. The third-order valence-electron chi connectivity index (χ3n) is 9.47. The van der Waals surface area contributed by atoms with Gasteiger partial charge in [-0.1, -0.05) is 148 Å². The van der Waals surface area contributed by atoms with E-state index in [9.17, 15) is 0 Å². The molecule has 0 saturated carbocycles. The van der Waals surface area contributed by atoms with Gasteiger partial charge in [-0.15, -0.1) is 0 Å². The molecule has 0 saturated heterocycles. The second-order valence-electron chi connectivity index (χ2n) is 14.9. The number of nitrogens with one attached hydrogen (secondary N) is 2. The summed E-state index contributed by atoms with van der Waals surface area (Å²) in [6.45, 7) is 10.7. The minimum atomic E-state index is -4.67. The quantitative estimate of drug-likeness (QED) is 0.0344. The largest absolute Gasteiger partial charge is 0.489 e. The summed E-state index contributed by atoms with van der Waals surface area (Å²) >= 11 is 0. The van der Waals surface area contributed by atoms with Gasteiger partial charge in [0.05, 0.1) is 0 Å². The van der Waals surface area contributed by atoms with Crippen LogP contribution in [0.15, 0.2) is 158 Å². The molecule has 10 nitrogen and oxygen atoms in total. The van der Waals surface area contributed by atoms with Crippen LogP contribution in [-0.4, -0.2) is 43.7 Å². The first-order valence-electron chi connectivity index (χ1n) is 21.7. The average Bonchev–Trinajstić information content (AvgIpc) is 3.30. The van der Waals surface area contributed by atoms with E-state index < -0.39 is 10.4 Å². The van der Waals surface area contributed by atoms with Crippen molar-refractivity contribution in [3.8, 4) is 23.0 Å². The highest BCUT2D eigenvalue weighted by atomic mass is 32.3. The highest BCUT2D eigenvalue weighted by molar-refractivity contribution is 7.79. The van der Waals surface area contributed by atoms with E-state index in [0.29, 0.717) is 26.4 Å². The molecule has 0 amide bonds. The molecule has 4 N–H and O–H groups in total. The molecule has 0 spiro atoms. The van der Waals surface area contributed by atoms with Crippen LogP contribution in [0, 0.1) is 0 Å². The maximum absolute atomic E-state index is 8.74. The molecule has 0 radical (unpaired) electrons. The summed E-state index contributed by atoms with van der Waals surface area (Å²) in [5.41, 5.74) is 7.08. The molecule has 6 aromatic carbocycles. The van der Waals surface area contributed by atoms with Gasteiger partial charge in [-0.25, -0.2) is 0 Å². The number of rotatable bonds is 24. The second kappa shape index (κ2) is 29.6. The van der Waals surface area contributed by atoms with Crippen LogP contribution in [-0.2, 0) is 49.7 Å². The molecule has 0 heterocycles. The van der Waals surface area contributed by atoms with E-state index in [0.717, 1.165) is 84.3 Å². The second-order valence-corrected chi connectivity index (χ2v) is 15.8. The minimum Gasteiger partial charge on any atom is -0.489 e. The zero-order valence-corrected chi connectivity index (χ0v) is 37.5. The molecule has 0 unspecified atom stereocenters. The zero-order chi connectivity index (χ0) is 44.8. The van der Waals surface area contributed by atoms with Gasteiger partial charge in [0.1, 0.15) is 49.4 Å². The number of ether oxygens (including phenoxy) is 4. The lowest BCUT2D eigenvalue weighted by molar-refractivity contribution is 0.289. The molecule has 0 aliphatic heterocycles. The molecule has 6 rings (SSSR count). The lowest BCUT2D eigenvalue weighted by Crippen LogP contribution is -2.18. The predicted octanol–water partition coefficient (Wildman–Crippen LogP) is 10.9. The third-order valence-corrected chi connectivity index (χ3v) is 9.47. The van der Waals surface area contributed by atoms with Crippen molar-refractivity contribution in [2.24, 2.45) is 0 Å². The van der Waals surface area contributed by atoms with Crippen LogP contribution in [0.2, 0.25) is 0 Å². The Hall–Kier alpha value is -5.69. The van der Waals surface area contributed by atoms with Crippen LogP contribution < -0.4 is 29.6 Å². The summed E-state index contributed by atoms with van der Waals surface area (Å²) < 4.78 is 55.9. The lowest BCUT2D eigenvalue weighted by Gasteiger charge is -2.13. The van der Waals surface area contributed by atoms with E-state index in [1.807, 2.05) is 84.9 Å². The molecular formula is C52H64N2O8S. The monoisotopic (exact) mass is 876 g/mol. The fourth-order valence-corrected chi connectivity index (χ4v) is 6.17. The molecule has 11 heteroatoms. The molecular weight excluding hydrogens is 813 g/mol. The summed E-state index contributed by atoms with van der Waals surface area (Å²) in [7, 11) is -4.67. The average molecular weight is 877 g/mol. The first-order chi connectivity index (χ1) is 30.7. The standard InChI is InChI=1S/2C26H31NO2.H2O4S/c2*1-2-3-15-27-16-14-24-17-25(28-20-22-10-6-4-7-11-22)19-26(18-24)29-21-23-12-8-5-9-13-23;1-5(2,3)4/h2*4-13,17-19,27H,2-3,14-16,20-21H2,1H3;(H2,1,2,3,4). The van der Waals surface area contributed by atoms with Crippen molar-refractivity contribution in [2.75, 3.05) is 26.2 Å². The minimum absolute atomic E-state index is 0.553. The van der Waals surface area contributed by atoms with E-state index in [4.69, 9.17) is 36.5 Å². The van der Waals surface area contributed by atoms with Gasteiger partial charge in [0.2, 0.25) is 0 Å². The van der Waals surface area contributed by atoms with Crippen molar-refractivity contribution < 1.29 is 36.5 Å². The van der Waals surface area contributed by atoms with E-state index >= 15 is 0 Å². The summed E-state index contributed by atoms with van der Waals surface area (Å²) in [5.74, 6) is 3.40. The Morgan fingerprint density at radius 3 is 0.889 bits per heavy atom. The number of hydrogen-bond donors (Lipinski definition) is 4. The number of hydrogen-bond acceptors (Lipinski definition) is 8. The van der Waals surface area contributed by atoms with Gasteiger partial charge in [-0.3, -0.25) is 9.11 Å². The van der Waals surface area contributed by atoms with Crippen LogP contribution in [0.3, 0.4) is 0 Å². The van der Waals surface area contributed by atoms with Crippen LogP contribution in [0.1, 0.15) is 72.9 Å². The first-order valence-corrected chi connectivity index (χ1v) is 23.1. The van der Waals surface area contributed by atoms with Crippen LogP contribution >= 0.6 is 0 Å². The Kier molecular flexibility index (Phi) is 23.5. The molecule has 0 aliphatic carbocycles. The fraction of sp³-hybridized carbons (Fsp3) is 0.308. The highest BCUT2D eigenvalue weighted by Gasteiger charge is 2.07. The van der Waals surface area contributed by atoms with Crippen molar-refractivity contribution in [3.05, 3.63) is 191 Å². The normalized spacial score (nSPS) is 10.7. The molecule has 0 bridgehead atoms. The Labute approximate surface area is 375 Å². The van der Waals surface area contributed by atoms with Gasteiger partial charge in [-0.2, -0.15) is 8.42 Å². The zero-order valence-electron chi connectivity index (χ0n) is 36.7. The van der Waals surface area contributed by atoms with Gasteiger partial charge < -0.3 is 29.6 Å². The van der Waals surface area contributed by atoms with Crippen molar-refractivity contribution in [2.45, 2.75) is 78.8 Å². The Bertz CT molecular complexity index is 1940. The molecule has 0 fully saturated rings. The summed E-state index contributed by atoms with van der Waals surface area (Å²) in [6.07, 6.45) is 6.76. The van der Waals surface area contributed by atoms with Crippen LogP contribution in [0.25, 0.3) is 0 Å². The van der Waals surface area contributed by atoms with Gasteiger partial charge in [0.25, 0.3) is 0 Å². The number of benzene rings is 6. The Morgan fingerprint density at radius 1 is 0.397 bits per heavy atom. The Balaban J connectivity index is 0.000000250. The highest BCUT2D eigenvalue weighted by Crippen LogP contribution is 2.27. The molecule has 6 aromatic rings. The fourth-order valence-electron chi connectivity index (χ4n) is 6.17. The summed E-state index contributed by atoms with van der Waals surface area (Å²) in [5, 5.41) is 7.02. The van der Waals surface area contributed by atoms with Gasteiger partial charge in [0.15, 0.2) is 0 Å². The van der Waals surface area contributed by atoms with E-state index in [2.05, 4.69) is 97.3 Å². The van der Waals surface area contributed by atoms with Crippen molar-refractivity contribution in [1.82, 2.24) is 10.6 Å². The molecule has 0 atom stereocenters. The van der Waals surface area contributed by atoms with Crippen LogP contribution in [0.5, 0.6) is 23.0 Å². The lowest BCUT2D eigenvalue weighted by atomic mass is 10.1. The topological polar surface area (TPSA) is 136 Å². The number of unbranched alkanes of at least 4 members (excludes halogenated alkanes) is 2. The van der Waals surface area contributed by atoms with E-state index in [-0.39, 0.29) is 0 Å². The molecule has 0 aromatic heterocycles. The molecule has 336 valence electrons. The van der Waals surface area contributed by atoms with E-state index in [1.54, 1.807) is 0 Å².